The molecule has 0 unspecified atom stereocenters. The zero-order valence-corrected chi connectivity index (χ0v) is 16.4. The van der Waals surface area contributed by atoms with Gasteiger partial charge in [-0.2, -0.15) is 0 Å². The Balaban J connectivity index is 1.34. The van der Waals surface area contributed by atoms with Crippen LogP contribution in [0.1, 0.15) is 16.8 Å². The molecule has 3 aromatic rings. The molecule has 0 radical (unpaired) electrons. The van der Waals surface area contributed by atoms with Crippen LogP contribution in [0.5, 0.6) is 6.01 Å². The van der Waals surface area contributed by atoms with E-state index in [-0.39, 0.29) is 43.3 Å². The van der Waals surface area contributed by atoms with Crippen molar-refractivity contribution >= 4 is 26.6 Å². The van der Waals surface area contributed by atoms with E-state index in [1.807, 2.05) is 24.3 Å². The van der Waals surface area contributed by atoms with Crippen molar-refractivity contribution in [2.45, 2.75) is 11.2 Å². The van der Waals surface area contributed by atoms with Crippen molar-refractivity contribution < 1.29 is 17.9 Å². The van der Waals surface area contributed by atoms with Crippen LogP contribution in [-0.2, 0) is 9.84 Å². The second kappa shape index (κ2) is 6.55. The molecule has 2 aliphatic heterocycles. The minimum atomic E-state index is -3.30. The number of nitrogens with zero attached hydrogens (tertiary/aromatic N) is 3. The molecule has 9 heteroatoms. The third kappa shape index (κ3) is 2.79. The molecular formula is C20H20N4O4S. The first-order valence-electron chi connectivity index (χ1n) is 9.48. The number of amides is 1. The first-order chi connectivity index (χ1) is 14.0. The van der Waals surface area contributed by atoms with Crippen molar-refractivity contribution in [3.8, 4) is 6.01 Å². The number of hydrogen-bond acceptors (Lipinski definition) is 6. The minimum Gasteiger partial charge on any atom is -0.463 e. The number of aromatic nitrogens is 3. The lowest BCUT2D eigenvalue weighted by Crippen LogP contribution is -2.68. The molecule has 8 nitrogen and oxygen atoms in total. The standard InChI is InChI=1S/C20H20N4O4S/c25-18(16-10-23-17-5-2-1-4-15(16)17)24-12-20(13-24)14(6-9-29(20,26)27)11-28-19-21-7-3-8-22-19/h1-5,7-8,10,14,23H,6,9,11-13H2/t14-/m0/s1. The predicted octanol–water partition coefficient (Wildman–Crippen LogP) is 1.67. The van der Waals surface area contributed by atoms with E-state index in [4.69, 9.17) is 4.74 Å². The number of H-pyrrole nitrogens is 1. The molecule has 1 aromatic carbocycles. The SMILES string of the molecule is O=C(c1c[nH]c2ccccc12)N1CC2(C1)[C@H](COc1ncccn1)CCS2(=O)=O. The van der Waals surface area contributed by atoms with Gasteiger partial charge in [0.1, 0.15) is 4.75 Å². The number of benzene rings is 1. The van der Waals surface area contributed by atoms with Gasteiger partial charge in [0, 0.05) is 48.5 Å². The number of para-hydroxylation sites is 1. The van der Waals surface area contributed by atoms with Crippen molar-refractivity contribution in [3.63, 3.8) is 0 Å². The summed E-state index contributed by atoms with van der Waals surface area (Å²) in [6.07, 6.45) is 5.36. The molecular weight excluding hydrogens is 392 g/mol. The molecule has 0 bridgehead atoms. The fourth-order valence-corrected chi connectivity index (χ4v) is 6.81. The van der Waals surface area contributed by atoms with E-state index in [0.29, 0.717) is 12.0 Å². The van der Waals surface area contributed by atoms with Gasteiger partial charge in [0.2, 0.25) is 0 Å². The van der Waals surface area contributed by atoms with Crippen molar-refractivity contribution in [3.05, 3.63) is 54.5 Å². The monoisotopic (exact) mass is 412 g/mol. The Morgan fingerprint density at radius 2 is 1.97 bits per heavy atom. The number of aromatic amines is 1. The topological polar surface area (TPSA) is 105 Å². The Kier molecular flexibility index (Phi) is 4.09. The van der Waals surface area contributed by atoms with Gasteiger partial charge in [-0.15, -0.1) is 0 Å². The number of rotatable bonds is 4. The Morgan fingerprint density at radius 1 is 1.21 bits per heavy atom. The second-order valence-corrected chi connectivity index (χ2v) is 10.1. The first kappa shape index (κ1) is 18.1. The van der Waals surface area contributed by atoms with Gasteiger partial charge in [-0.05, 0) is 18.6 Å². The lowest BCUT2D eigenvalue weighted by molar-refractivity contribution is 0.0405. The van der Waals surface area contributed by atoms with Gasteiger partial charge < -0.3 is 14.6 Å². The highest BCUT2D eigenvalue weighted by Gasteiger charge is 2.62. The van der Waals surface area contributed by atoms with Crippen LogP contribution in [0, 0.1) is 5.92 Å². The zero-order valence-electron chi connectivity index (χ0n) is 15.6. The van der Waals surface area contributed by atoms with Crippen LogP contribution in [0.15, 0.2) is 48.9 Å². The molecule has 0 aliphatic carbocycles. The van der Waals surface area contributed by atoms with Gasteiger partial charge in [-0.1, -0.05) is 18.2 Å². The molecule has 5 rings (SSSR count). The quantitative estimate of drug-likeness (QED) is 0.699. The van der Waals surface area contributed by atoms with Crippen LogP contribution in [0.4, 0.5) is 0 Å². The average molecular weight is 412 g/mol. The molecule has 2 aliphatic rings. The molecule has 1 spiro atoms. The van der Waals surface area contributed by atoms with Crippen molar-refractivity contribution in [2.75, 3.05) is 25.4 Å². The average Bonchev–Trinajstić information content (AvgIpc) is 3.24. The second-order valence-electron chi connectivity index (χ2n) is 7.62. The summed E-state index contributed by atoms with van der Waals surface area (Å²) in [4.78, 5) is 25.8. The van der Waals surface area contributed by atoms with Crippen LogP contribution in [0.25, 0.3) is 10.9 Å². The van der Waals surface area contributed by atoms with E-state index in [9.17, 15) is 13.2 Å². The van der Waals surface area contributed by atoms with Gasteiger partial charge in [-0.3, -0.25) is 4.79 Å². The van der Waals surface area contributed by atoms with Crippen molar-refractivity contribution in [1.82, 2.24) is 19.9 Å². The first-order valence-corrected chi connectivity index (χ1v) is 11.1. The fraction of sp³-hybridized carbons (Fsp3) is 0.350. The maximum atomic E-state index is 13.0. The summed E-state index contributed by atoms with van der Waals surface area (Å²) < 4.78 is 30.4. The van der Waals surface area contributed by atoms with Crippen molar-refractivity contribution in [1.29, 1.82) is 0 Å². The summed E-state index contributed by atoms with van der Waals surface area (Å²) >= 11 is 0. The summed E-state index contributed by atoms with van der Waals surface area (Å²) in [7, 11) is -3.30. The lowest BCUT2D eigenvalue weighted by Gasteiger charge is -2.49. The zero-order chi connectivity index (χ0) is 20.1. The van der Waals surface area contributed by atoms with E-state index >= 15 is 0 Å². The van der Waals surface area contributed by atoms with Crippen LogP contribution < -0.4 is 4.74 Å². The largest absolute Gasteiger partial charge is 0.463 e. The Morgan fingerprint density at radius 3 is 2.76 bits per heavy atom. The highest BCUT2D eigenvalue weighted by Crippen LogP contribution is 2.45. The molecule has 0 saturated carbocycles. The van der Waals surface area contributed by atoms with Gasteiger partial charge >= 0.3 is 6.01 Å². The summed E-state index contributed by atoms with van der Waals surface area (Å²) in [5, 5.41) is 0.842. The molecule has 4 heterocycles. The number of likely N-dealkylation sites (tertiary alicyclic amines) is 1. The normalized spacial score (nSPS) is 21.9. The van der Waals surface area contributed by atoms with E-state index in [0.717, 1.165) is 10.9 Å². The number of carbonyl (C=O) groups is 1. The molecule has 1 atom stereocenters. The number of ether oxygens (including phenoxy) is 1. The Labute approximate surface area is 167 Å². The van der Waals surface area contributed by atoms with Gasteiger partial charge in [0.25, 0.3) is 5.91 Å². The fourth-order valence-electron chi connectivity index (χ4n) is 4.41. The summed E-state index contributed by atoms with van der Waals surface area (Å²) in [6, 6.07) is 9.50. The lowest BCUT2D eigenvalue weighted by atomic mass is 9.83. The third-order valence-electron chi connectivity index (χ3n) is 6.08. The summed E-state index contributed by atoms with van der Waals surface area (Å²) in [5.41, 5.74) is 1.45. The van der Waals surface area contributed by atoms with Crippen LogP contribution >= 0.6 is 0 Å². The maximum Gasteiger partial charge on any atom is 0.316 e. The van der Waals surface area contributed by atoms with E-state index < -0.39 is 14.6 Å². The number of carbonyl (C=O) groups excluding carboxylic acids is 1. The molecule has 2 saturated heterocycles. The molecule has 2 fully saturated rings. The van der Waals surface area contributed by atoms with Crippen LogP contribution in [-0.4, -0.2) is 64.4 Å². The number of hydrogen-bond donors (Lipinski definition) is 1. The van der Waals surface area contributed by atoms with Crippen molar-refractivity contribution in [2.24, 2.45) is 5.92 Å². The van der Waals surface area contributed by atoms with Crippen LogP contribution in [0.2, 0.25) is 0 Å². The molecule has 1 N–H and O–H groups in total. The Bertz CT molecular complexity index is 1170. The van der Waals surface area contributed by atoms with Gasteiger partial charge in [0.15, 0.2) is 9.84 Å². The van der Waals surface area contributed by atoms with Crippen LogP contribution in [0.3, 0.4) is 0 Å². The smallest absolute Gasteiger partial charge is 0.316 e. The molecule has 1 amide bonds. The van der Waals surface area contributed by atoms with E-state index in [2.05, 4.69) is 15.0 Å². The minimum absolute atomic E-state index is 0.117. The summed E-state index contributed by atoms with van der Waals surface area (Å²) in [6.45, 7) is 0.604. The number of fused-ring (bicyclic) bond motifs is 1. The number of sulfone groups is 1. The third-order valence-corrected chi connectivity index (χ3v) is 8.68. The molecule has 150 valence electrons. The van der Waals surface area contributed by atoms with Gasteiger partial charge in [0.05, 0.1) is 17.9 Å². The predicted molar refractivity (Wildman–Crippen MR) is 106 cm³/mol. The number of nitrogens with one attached hydrogen (secondary N) is 1. The summed E-state index contributed by atoms with van der Waals surface area (Å²) in [5.74, 6) is -0.226. The van der Waals surface area contributed by atoms with Gasteiger partial charge in [-0.25, -0.2) is 18.4 Å². The highest BCUT2D eigenvalue weighted by molar-refractivity contribution is 7.93. The van der Waals surface area contributed by atoms with E-state index in [1.165, 1.54) is 0 Å². The highest BCUT2D eigenvalue weighted by atomic mass is 32.2. The molecule has 2 aromatic heterocycles. The van der Waals surface area contributed by atoms with E-state index in [1.54, 1.807) is 29.6 Å². The molecule has 29 heavy (non-hydrogen) atoms. The maximum absolute atomic E-state index is 13.0. The Hall–Kier alpha value is -2.94.